The van der Waals surface area contributed by atoms with Gasteiger partial charge in [0.05, 0.1) is 0 Å². The molecule has 1 heterocycles. The molecule has 15 heavy (non-hydrogen) atoms. The predicted molar refractivity (Wildman–Crippen MR) is 69.1 cm³/mol. The van der Waals surface area contributed by atoms with E-state index in [-0.39, 0.29) is 0 Å². The molecule has 2 aromatic rings. The molecule has 0 bridgehead atoms. The highest BCUT2D eigenvalue weighted by Crippen LogP contribution is 2.24. The number of aromatic nitrogens is 1. The van der Waals surface area contributed by atoms with Gasteiger partial charge >= 0.3 is 0 Å². The molecular weight excluding hydrogens is 250 g/mol. The zero-order chi connectivity index (χ0) is 10.7. The molecule has 0 saturated heterocycles. The van der Waals surface area contributed by atoms with Crippen LogP contribution < -0.4 is 0 Å². The Balaban J connectivity index is 2.28. The predicted octanol–water partition coefficient (Wildman–Crippen LogP) is 4.37. The smallest absolute Gasteiger partial charge is 0.0491 e. The van der Waals surface area contributed by atoms with Gasteiger partial charge in [-0.2, -0.15) is 0 Å². The molecule has 0 aliphatic carbocycles. The number of benzene rings is 1. The van der Waals surface area contributed by atoms with Crippen LogP contribution in [0.3, 0.4) is 0 Å². The van der Waals surface area contributed by atoms with Gasteiger partial charge in [0.15, 0.2) is 0 Å². The number of aryl methyl sites for hydroxylation is 1. The SMILES string of the molecule is C=CCCCn1ccc2c(Br)cccc21. The molecule has 0 spiro atoms. The molecule has 0 N–H and O–H groups in total. The number of allylic oxidation sites excluding steroid dienone is 1. The lowest BCUT2D eigenvalue weighted by Gasteiger charge is -2.04. The van der Waals surface area contributed by atoms with Crippen molar-refractivity contribution in [2.45, 2.75) is 19.4 Å². The van der Waals surface area contributed by atoms with Crippen LogP contribution in [0.4, 0.5) is 0 Å². The van der Waals surface area contributed by atoms with E-state index in [2.05, 4.69) is 57.5 Å². The molecular formula is C13H14BrN. The van der Waals surface area contributed by atoms with Crippen molar-refractivity contribution in [1.82, 2.24) is 4.57 Å². The highest BCUT2D eigenvalue weighted by molar-refractivity contribution is 9.10. The van der Waals surface area contributed by atoms with Gasteiger partial charge < -0.3 is 4.57 Å². The molecule has 1 nitrogen and oxygen atoms in total. The Bertz CT molecular complexity index is 470. The minimum atomic E-state index is 1.06. The summed E-state index contributed by atoms with van der Waals surface area (Å²) < 4.78 is 3.46. The normalized spacial score (nSPS) is 10.7. The molecule has 0 radical (unpaired) electrons. The van der Waals surface area contributed by atoms with Crippen LogP contribution in [0.5, 0.6) is 0 Å². The lowest BCUT2D eigenvalue weighted by atomic mass is 10.2. The topological polar surface area (TPSA) is 4.93 Å². The number of nitrogens with zero attached hydrogens (tertiary/aromatic N) is 1. The lowest BCUT2D eigenvalue weighted by Crippen LogP contribution is -1.94. The van der Waals surface area contributed by atoms with Gasteiger partial charge in [0.2, 0.25) is 0 Å². The van der Waals surface area contributed by atoms with Gasteiger partial charge in [-0.3, -0.25) is 0 Å². The van der Waals surface area contributed by atoms with E-state index in [1.165, 1.54) is 15.4 Å². The van der Waals surface area contributed by atoms with Gasteiger partial charge in [0, 0.05) is 28.1 Å². The first-order valence-corrected chi connectivity index (χ1v) is 5.96. The van der Waals surface area contributed by atoms with Gasteiger partial charge in [-0.25, -0.2) is 0 Å². The second-order valence-electron chi connectivity index (χ2n) is 3.61. The fraction of sp³-hybridized carbons (Fsp3) is 0.231. The van der Waals surface area contributed by atoms with Crippen LogP contribution in [0.1, 0.15) is 12.8 Å². The summed E-state index contributed by atoms with van der Waals surface area (Å²) in [5.41, 5.74) is 1.30. The first-order valence-electron chi connectivity index (χ1n) is 5.17. The summed E-state index contributed by atoms with van der Waals surface area (Å²) in [5, 5.41) is 1.29. The van der Waals surface area contributed by atoms with E-state index in [1.807, 2.05) is 6.08 Å². The molecule has 0 saturated carbocycles. The Morgan fingerprint density at radius 1 is 1.33 bits per heavy atom. The summed E-state index contributed by atoms with van der Waals surface area (Å²) in [6.07, 6.45) is 6.35. The Morgan fingerprint density at radius 2 is 2.20 bits per heavy atom. The summed E-state index contributed by atoms with van der Waals surface area (Å²) in [6.45, 7) is 4.80. The van der Waals surface area contributed by atoms with Crippen molar-refractivity contribution in [2.24, 2.45) is 0 Å². The van der Waals surface area contributed by atoms with Crippen molar-refractivity contribution in [2.75, 3.05) is 0 Å². The number of hydrogen-bond donors (Lipinski definition) is 0. The molecule has 0 aliphatic rings. The fourth-order valence-electron chi connectivity index (χ4n) is 1.79. The van der Waals surface area contributed by atoms with Gasteiger partial charge in [-0.1, -0.05) is 28.1 Å². The number of halogens is 1. The minimum Gasteiger partial charge on any atom is -0.347 e. The van der Waals surface area contributed by atoms with Gasteiger partial charge in [0.1, 0.15) is 0 Å². The van der Waals surface area contributed by atoms with E-state index >= 15 is 0 Å². The fourth-order valence-corrected chi connectivity index (χ4v) is 2.27. The molecule has 1 aromatic heterocycles. The van der Waals surface area contributed by atoms with Crippen LogP contribution in [0.25, 0.3) is 10.9 Å². The molecule has 0 unspecified atom stereocenters. The average Bonchev–Trinajstić information content (AvgIpc) is 2.64. The van der Waals surface area contributed by atoms with Gasteiger partial charge in [-0.05, 0) is 31.0 Å². The van der Waals surface area contributed by atoms with Crippen LogP contribution in [0.2, 0.25) is 0 Å². The van der Waals surface area contributed by atoms with Crippen molar-refractivity contribution >= 4 is 26.8 Å². The number of rotatable bonds is 4. The molecule has 0 fully saturated rings. The first kappa shape index (κ1) is 10.5. The second kappa shape index (κ2) is 4.67. The maximum atomic E-state index is 3.74. The third-order valence-electron chi connectivity index (χ3n) is 2.57. The molecule has 2 rings (SSSR count). The molecule has 2 heteroatoms. The van der Waals surface area contributed by atoms with Crippen molar-refractivity contribution < 1.29 is 0 Å². The monoisotopic (exact) mass is 263 g/mol. The van der Waals surface area contributed by atoms with Crippen molar-refractivity contribution in [3.63, 3.8) is 0 Å². The quantitative estimate of drug-likeness (QED) is 0.570. The Kier molecular flexibility index (Phi) is 3.27. The Hall–Kier alpha value is -1.02. The molecule has 0 atom stereocenters. The minimum absolute atomic E-state index is 1.06. The summed E-state index contributed by atoms with van der Waals surface area (Å²) in [4.78, 5) is 0. The maximum Gasteiger partial charge on any atom is 0.0491 e. The third-order valence-corrected chi connectivity index (χ3v) is 3.26. The summed E-state index contributed by atoms with van der Waals surface area (Å²) in [7, 11) is 0. The third kappa shape index (κ3) is 2.15. The number of unbranched alkanes of at least 4 members (excludes halogenated alkanes) is 1. The lowest BCUT2D eigenvalue weighted by molar-refractivity contribution is 0.671. The van der Waals surface area contributed by atoms with Crippen LogP contribution >= 0.6 is 15.9 Å². The number of fused-ring (bicyclic) bond motifs is 1. The number of hydrogen-bond acceptors (Lipinski definition) is 0. The standard InChI is InChI=1S/C13H14BrN/c1-2-3-4-9-15-10-8-11-12(14)6-5-7-13(11)15/h2,5-8,10H,1,3-4,9H2. The zero-order valence-corrected chi connectivity index (χ0v) is 10.2. The van der Waals surface area contributed by atoms with E-state index in [1.54, 1.807) is 0 Å². The second-order valence-corrected chi connectivity index (χ2v) is 4.47. The Labute approximate surface area is 98.5 Å². The average molecular weight is 264 g/mol. The first-order chi connectivity index (χ1) is 7.33. The van der Waals surface area contributed by atoms with Gasteiger partial charge in [-0.15, -0.1) is 6.58 Å². The van der Waals surface area contributed by atoms with Crippen LogP contribution in [0, 0.1) is 0 Å². The molecule has 78 valence electrons. The van der Waals surface area contributed by atoms with E-state index in [0.29, 0.717) is 0 Å². The summed E-state index contributed by atoms with van der Waals surface area (Å²) in [6, 6.07) is 8.48. The zero-order valence-electron chi connectivity index (χ0n) is 8.62. The van der Waals surface area contributed by atoms with Crippen LogP contribution in [-0.2, 0) is 6.54 Å². The van der Waals surface area contributed by atoms with Crippen molar-refractivity contribution in [3.8, 4) is 0 Å². The largest absolute Gasteiger partial charge is 0.347 e. The summed E-state index contributed by atoms with van der Waals surface area (Å²) >= 11 is 3.56. The molecule has 0 amide bonds. The van der Waals surface area contributed by atoms with E-state index in [9.17, 15) is 0 Å². The van der Waals surface area contributed by atoms with E-state index < -0.39 is 0 Å². The molecule has 0 aliphatic heterocycles. The summed E-state index contributed by atoms with van der Waals surface area (Å²) in [5.74, 6) is 0. The highest BCUT2D eigenvalue weighted by atomic mass is 79.9. The van der Waals surface area contributed by atoms with E-state index in [0.717, 1.165) is 19.4 Å². The Morgan fingerprint density at radius 3 is 3.00 bits per heavy atom. The van der Waals surface area contributed by atoms with E-state index in [4.69, 9.17) is 0 Å². The maximum absolute atomic E-state index is 3.74. The van der Waals surface area contributed by atoms with Crippen LogP contribution in [0.15, 0.2) is 47.6 Å². The van der Waals surface area contributed by atoms with Crippen molar-refractivity contribution in [1.29, 1.82) is 0 Å². The highest BCUT2D eigenvalue weighted by Gasteiger charge is 2.02. The van der Waals surface area contributed by atoms with Gasteiger partial charge in [0.25, 0.3) is 0 Å². The van der Waals surface area contributed by atoms with Crippen LogP contribution in [-0.4, -0.2) is 4.57 Å². The molecule has 1 aromatic carbocycles. The van der Waals surface area contributed by atoms with Crippen molar-refractivity contribution in [3.05, 3.63) is 47.6 Å².